The van der Waals surface area contributed by atoms with Gasteiger partial charge in [0.15, 0.2) is 0 Å². The van der Waals surface area contributed by atoms with Gasteiger partial charge in [-0.1, -0.05) is 38.5 Å². The number of hydrogen-bond acceptors (Lipinski definition) is 5. The van der Waals surface area contributed by atoms with Crippen LogP contribution in [0.3, 0.4) is 0 Å². The van der Waals surface area contributed by atoms with Crippen molar-refractivity contribution in [2.75, 3.05) is 5.32 Å². The van der Waals surface area contributed by atoms with Crippen molar-refractivity contribution >= 4 is 28.5 Å². The van der Waals surface area contributed by atoms with E-state index >= 15 is 0 Å². The maximum atomic E-state index is 11.7. The van der Waals surface area contributed by atoms with Crippen molar-refractivity contribution in [3.63, 3.8) is 0 Å². The summed E-state index contributed by atoms with van der Waals surface area (Å²) < 4.78 is 0. The van der Waals surface area contributed by atoms with E-state index in [1.807, 2.05) is 13.8 Å². The van der Waals surface area contributed by atoms with Gasteiger partial charge in [-0.05, 0) is 12.3 Å². The second-order valence-corrected chi connectivity index (χ2v) is 5.22. The highest BCUT2D eigenvalue weighted by atomic mass is 32.1. The third kappa shape index (κ3) is 4.47. The number of anilines is 1. The summed E-state index contributed by atoms with van der Waals surface area (Å²) in [7, 11) is 0. The summed E-state index contributed by atoms with van der Waals surface area (Å²) in [6, 6.07) is -1.49. The lowest BCUT2D eigenvalue weighted by molar-refractivity contribution is -0.140. The molecule has 19 heavy (non-hydrogen) atoms. The summed E-state index contributed by atoms with van der Waals surface area (Å²) >= 11 is 1.27. The Hall–Kier alpha value is -1.70. The minimum atomic E-state index is -1.05. The van der Waals surface area contributed by atoms with Crippen LogP contribution in [0.5, 0.6) is 0 Å². The predicted octanol–water partition coefficient (Wildman–Crippen LogP) is 1.72. The Morgan fingerprint density at radius 3 is 2.53 bits per heavy atom. The number of hydrogen-bond donors (Lipinski definition) is 3. The van der Waals surface area contributed by atoms with Gasteiger partial charge in [0.25, 0.3) is 0 Å². The molecule has 7 nitrogen and oxygen atoms in total. The SMILES string of the molecule is CCc1nnc(NC(=O)N[C@H](C(=O)O)[C@@H](C)CC)s1. The largest absolute Gasteiger partial charge is 0.480 e. The number of carboxylic acids is 1. The van der Waals surface area contributed by atoms with Gasteiger partial charge >= 0.3 is 12.0 Å². The highest BCUT2D eigenvalue weighted by Crippen LogP contribution is 2.15. The molecule has 1 aromatic heterocycles. The fourth-order valence-electron chi connectivity index (χ4n) is 1.40. The van der Waals surface area contributed by atoms with E-state index in [0.717, 1.165) is 11.4 Å². The second kappa shape index (κ2) is 7.03. The number of aromatic nitrogens is 2. The number of carbonyl (C=O) groups excluding carboxylic acids is 1. The van der Waals surface area contributed by atoms with Crippen molar-refractivity contribution in [1.82, 2.24) is 15.5 Å². The van der Waals surface area contributed by atoms with E-state index in [4.69, 9.17) is 5.11 Å². The van der Waals surface area contributed by atoms with Crippen LogP contribution in [0.2, 0.25) is 0 Å². The third-order valence-electron chi connectivity index (χ3n) is 2.76. The highest BCUT2D eigenvalue weighted by molar-refractivity contribution is 7.15. The molecule has 0 bridgehead atoms. The summed E-state index contributed by atoms with van der Waals surface area (Å²) in [6.45, 7) is 5.59. The maximum absolute atomic E-state index is 11.7. The number of carbonyl (C=O) groups is 2. The Morgan fingerprint density at radius 1 is 1.37 bits per heavy atom. The monoisotopic (exact) mass is 286 g/mol. The molecule has 0 unspecified atom stereocenters. The molecule has 0 saturated carbocycles. The molecule has 0 aliphatic carbocycles. The Morgan fingerprint density at radius 2 is 2.05 bits per heavy atom. The number of aryl methyl sites for hydroxylation is 1. The Balaban J connectivity index is 2.60. The smallest absolute Gasteiger partial charge is 0.326 e. The van der Waals surface area contributed by atoms with Crippen molar-refractivity contribution in [3.05, 3.63) is 5.01 Å². The molecule has 0 aliphatic rings. The highest BCUT2D eigenvalue weighted by Gasteiger charge is 2.25. The molecular weight excluding hydrogens is 268 g/mol. The molecule has 0 fully saturated rings. The molecule has 106 valence electrons. The summed E-state index contributed by atoms with van der Waals surface area (Å²) in [5.41, 5.74) is 0. The third-order valence-corrected chi connectivity index (χ3v) is 3.74. The van der Waals surface area contributed by atoms with Gasteiger partial charge in [-0.2, -0.15) is 0 Å². The van der Waals surface area contributed by atoms with Crippen molar-refractivity contribution in [3.8, 4) is 0 Å². The number of rotatable bonds is 6. The standard InChI is InChI=1S/C11H18N4O3S/c1-4-6(3)8(9(16)17)12-10(18)13-11-15-14-7(5-2)19-11/h6,8H,4-5H2,1-3H3,(H,16,17)(H2,12,13,15,18)/t6-,8-/m0/s1. The van der Waals surface area contributed by atoms with Gasteiger partial charge in [-0.25, -0.2) is 9.59 Å². The maximum Gasteiger partial charge on any atom is 0.326 e. The number of nitrogens with one attached hydrogen (secondary N) is 2. The second-order valence-electron chi connectivity index (χ2n) is 4.15. The first-order chi connectivity index (χ1) is 8.97. The fraction of sp³-hybridized carbons (Fsp3) is 0.636. The first-order valence-electron chi connectivity index (χ1n) is 6.10. The van der Waals surface area contributed by atoms with Crippen LogP contribution in [0.25, 0.3) is 0 Å². The molecule has 1 rings (SSSR count). The Labute approximate surface area is 115 Å². The minimum Gasteiger partial charge on any atom is -0.480 e. The van der Waals surface area contributed by atoms with Crippen molar-refractivity contribution in [2.24, 2.45) is 5.92 Å². The van der Waals surface area contributed by atoms with Gasteiger partial charge in [-0.15, -0.1) is 10.2 Å². The van der Waals surface area contributed by atoms with Crippen LogP contribution in [0, 0.1) is 5.92 Å². The van der Waals surface area contributed by atoms with Crippen LogP contribution in [-0.4, -0.2) is 33.3 Å². The van der Waals surface area contributed by atoms with Crippen LogP contribution < -0.4 is 10.6 Å². The van der Waals surface area contributed by atoms with Crippen molar-refractivity contribution in [1.29, 1.82) is 0 Å². The van der Waals surface area contributed by atoms with Crippen LogP contribution in [0.15, 0.2) is 0 Å². The van der Waals surface area contributed by atoms with E-state index in [-0.39, 0.29) is 5.92 Å². The average molecular weight is 286 g/mol. The van der Waals surface area contributed by atoms with Crippen molar-refractivity contribution in [2.45, 2.75) is 39.7 Å². The van der Waals surface area contributed by atoms with Gasteiger partial charge in [0.05, 0.1) is 0 Å². The van der Waals surface area contributed by atoms with Crippen LogP contribution in [0.1, 0.15) is 32.2 Å². The van der Waals surface area contributed by atoms with Gasteiger partial charge < -0.3 is 10.4 Å². The van der Waals surface area contributed by atoms with Crippen LogP contribution in [-0.2, 0) is 11.2 Å². The van der Waals surface area contributed by atoms with E-state index in [1.165, 1.54) is 11.3 Å². The zero-order valence-electron chi connectivity index (χ0n) is 11.1. The number of amides is 2. The molecular formula is C11H18N4O3S. The first-order valence-corrected chi connectivity index (χ1v) is 6.92. The topological polar surface area (TPSA) is 104 Å². The molecule has 2 amide bonds. The lowest BCUT2D eigenvalue weighted by Gasteiger charge is -2.19. The molecule has 3 N–H and O–H groups in total. The van der Waals surface area contributed by atoms with E-state index < -0.39 is 18.0 Å². The Bertz CT molecular complexity index is 449. The number of nitrogens with zero attached hydrogens (tertiary/aromatic N) is 2. The van der Waals surface area contributed by atoms with Gasteiger partial charge in [-0.3, -0.25) is 5.32 Å². The molecule has 0 saturated heterocycles. The van der Waals surface area contributed by atoms with Crippen molar-refractivity contribution < 1.29 is 14.7 Å². The molecule has 1 heterocycles. The molecule has 1 aromatic rings. The fourth-order valence-corrected chi connectivity index (χ4v) is 2.08. The summed E-state index contributed by atoms with van der Waals surface area (Å²) in [5, 5.41) is 22.8. The molecule has 2 atom stereocenters. The van der Waals surface area contributed by atoms with E-state index in [1.54, 1.807) is 6.92 Å². The lowest BCUT2D eigenvalue weighted by Crippen LogP contribution is -2.46. The summed E-state index contributed by atoms with van der Waals surface area (Å²) in [5.74, 6) is -1.19. The minimum absolute atomic E-state index is 0.149. The van der Waals surface area contributed by atoms with Crippen LogP contribution in [0.4, 0.5) is 9.93 Å². The van der Waals surface area contributed by atoms with E-state index in [2.05, 4.69) is 20.8 Å². The van der Waals surface area contributed by atoms with E-state index in [0.29, 0.717) is 11.6 Å². The number of carboxylic acid groups (broad SMARTS) is 1. The number of urea groups is 1. The van der Waals surface area contributed by atoms with Gasteiger partial charge in [0, 0.05) is 0 Å². The van der Waals surface area contributed by atoms with E-state index in [9.17, 15) is 9.59 Å². The summed E-state index contributed by atoms with van der Waals surface area (Å²) in [4.78, 5) is 22.8. The van der Waals surface area contributed by atoms with Gasteiger partial charge in [0.2, 0.25) is 5.13 Å². The predicted molar refractivity (Wildman–Crippen MR) is 72.3 cm³/mol. The Kier molecular flexibility index (Phi) is 5.68. The summed E-state index contributed by atoms with van der Waals surface area (Å²) in [6.07, 6.45) is 1.40. The quantitative estimate of drug-likeness (QED) is 0.738. The first kappa shape index (κ1) is 15.4. The molecule has 0 radical (unpaired) electrons. The molecule has 0 spiro atoms. The molecule has 0 aromatic carbocycles. The normalized spacial score (nSPS) is 13.6. The lowest BCUT2D eigenvalue weighted by atomic mass is 10.00. The number of aliphatic carboxylic acids is 1. The zero-order chi connectivity index (χ0) is 14.4. The molecule has 0 aliphatic heterocycles. The average Bonchev–Trinajstić information content (AvgIpc) is 2.82. The molecule has 8 heteroatoms. The van der Waals surface area contributed by atoms with Gasteiger partial charge in [0.1, 0.15) is 11.0 Å². The van der Waals surface area contributed by atoms with Crippen LogP contribution >= 0.6 is 11.3 Å². The zero-order valence-corrected chi connectivity index (χ0v) is 12.0.